The number of fused-ring (bicyclic) bond motifs is 1. The average molecular weight is 453 g/mol. The van der Waals surface area contributed by atoms with Crippen LogP contribution in [0.1, 0.15) is 41.7 Å². The SMILES string of the molecule is COc1ncc(NC(=O)C(=O)N2CC(C)CC[C@@H]2c2csc3ccccc23)cc1C(N)=O. The van der Waals surface area contributed by atoms with E-state index in [-0.39, 0.29) is 29.1 Å². The van der Waals surface area contributed by atoms with Gasteiger partial charge in [0.2, 0.25) is 5.88 Å². The lowest BCUT2D eigenvalue weighted by atomic mass is 9.89. The molecule has 1 aromatic carbocycles. The van der Waals surface area contributed by atoms with Gasteiger partial charge in [0.1, 0.15) is 5.56 Å². The fourth-order valence-electron chi connectivity index (χ4n) is 4.13. The number of amides is 3. The zero-order chi connectivity index (χ0) is 22.8. The van der Waals surface area contributed by atoms with Crippen molar-refractivity contribution >= 4 is 44.8 Å². The minimum Gasteiger partial charge on any atom is -0.480 e. The first-order valence-corrected chi connectivity index (χ1v) is 11.2. The smallest absolute Gasteiger partial charge is 0.313 e. The van der Waals surface area contributed by atoms with Crippen molar-refractivity contribution in [2.75, 3.05) is 19.0 Å². The maximum atomic E-state index is 13.2. The minimum absolute atomic E-state index is 0.0203. The molecule has 3 aromatic rings. The molecule has 2 aromatic heterocycles. The van der Waals surface area contributed by atoms with Crippen LogP contribution in [0.4, 0.5) is 5.69 Å². The second-order valence-corrected chi connectivity index (χ2v) is 8.85. The van der Waals surface area contributed by atoms with Crippen LogP contribution in [-0.2, 0) is 9.59 Å². The number of aromatic nitrogens is 1. The molecule has 3 amide bonds. The van der Waals surface area contributed by atoms with E-state index >= 15 is 0 Å². The number of nitrogens with two attached hydrogens (primary N) is 1. The lowest BCUT2D eigenvalue weighted by molar-refractivity contribution is -0.146. The number of hydrogen-bond donors (Lipinski definition) is 2. The highest BCUT2D eigenvalue weighted by Crippen LogP contribution is 2.39. The molecular weight excluding hydrogens is 428 g/mol. The zero-order valence-electron chi connectivity index (χ0n) is 17.8. The van der Waals surface area contributed by atoms with Crippen molar-refractivity contribution in [3.05, 3.63) is 53.0 Å². The molecule has 0 aliphatic carbocycles. The predicted molar refractivity (Wildman–Crippen MR) is 123 cm³/mol. The van der Waals surface area contributed by atoms with Crippen LogP contribution in [0.25, 0.3) is 10.1 Å². The fraction of sp³-hybridized carbons (Fsp3) is 0.304. The maximum absolute atomic E-state index is 13.2. The van der Waals surface area contributed by atoms with E-state index in [1.165, 1.54) is 19.4 Å². The monoisotopic (exact) mass is 452 g/mol. The summed E-state index contributed by atoms with van der Waals surface area (Å²) in [6.45, 7) is 2.57. The lowest BCUT2D eigenvalue weighted by Gasteiger charge is -2.38. The molecule has 0 saturated carbocycles. The molecule has 1 saturated heterocycles. The van der Waals surface area contributed by atoms with E-state index in [0.29, 0.717) is 6.54 Å². The highest BCUT2D eigenvalue weighted by atomic mass is 32.1. The second kappa shape index (κ2) is 8.96. The first kappa shape index (κ1) is 21.8. The van der Waals surface area contributed by atoms with Crippen molar-refractivity contribution in [3.8, 4) is 5.88 Å². The number of nitrogens with zero attached hydrogens (tertiary/aromatic N) is 2. The summed E-state index contributed by atoms with van der Waals surface area (Å²) in [5.41, 5.74) is 6.64. The number of piperidine rings is 1. The van der Waals surface area contributed by atoms with Crippen LogP contribution < -0.4 is 15.8 Å². The molecule has 1 fully saturated rings. The number of benzene rings is 1. The molecule has 8 nitrogen and oxygen atoms in total. The third-order valence-corrected chi connectivity index (χ3v) is 6.69. The number of ether oxygens (including phenoxy) is 1. The van der Waals surface area contributed by atoms with Gasteiger partial charge in [-0.05, 0) is 47.2 Å². The van der Waals surface area contributed by atoms with Gasteiger partial charge in [-0.3, -0.25) is 14.4 Å². The maximum Gasteiger partial charge on any atom is 0.313 e. The van der Waals surface area contributed by atoms with Gasteiger partial charge < -0.3 is 20.7 Å². The van der Waals surface area contributed by atoms with Crippen molar-refractivity contribution < 1.29 is 19.1 Å². The number of thiophene rings is 1. The van der Waals surface area contributed by atoms with Crippen LogP contribution in [0.5, 0.6) is 5.88 Å². The average Bonchev–Trinajstić information content (AvgIpc) is 3.22. The number of pyridine rings is 1. The topological polar surface area (TPSA) is 115 Å². The second-order valence-electron chi connectivity index (χ2n) is 7.94. The summed E-state index contributed by atoms with van der Waals surface area (Å²) in [5.74, 6) is -1.81. The molecule has 9 heteroatoms. The molecule has 2 atom stereocenters. The normalized spacial score (nSPS) is 18.4. The molecular formula is C23H24N4O4S. The summed E-state index contributed by atoms with van der Waals surface area (Å²) >= 11 is 1.64. The van der Waals surface area contributed by atoms with Gasteiger partial charge >= 0.3 is 11.8 Å². The van der Waals surface area contributed by atoms with E-state index in [1.54, 1.807) is 16.2 Å². The van der Waals surface area contributed by atoms with Crippen LogP contribution >= 0.6 is 11.3 Å². The third kappa shape index (κ3) is 4.16. The zero-order valence-corrected chi connectivity index (χ0v) is 18.6. The Labute approximate surface area is 189 Å². The number of rotatable bonds is 4. The molecule has 3 N–H and O–H groups in total. The molecule has 32 heavy (non-hydrogen) atoms. The van der Waals surface area contributed by atoms with Crippen molar-refractivity contribution in [1.29, 1.82) is 0 Å². The van der Waals surface area contributed by atoms with Crippen molar-refractivity contribution in [1.82, 2.24) is 9.88 Å². The summed E-state index contributed by atoms with van der Waals surface area (Å²) in [6.07, 6.45) is 3.08. The third-order valence-electron chi connectivity index (χ3n) is 5.71. The number of nitrogens with one attached hydrogen (secondary N) is 1. The number of likely N-dealkylation sites (tertiary alicyclic amines) is 1. The Kier molecular flexibility index (Phi) is 6.09. The fourth-order valence-corrected chi connectivity index (χ4v) is 5.14. The molecule has 0 radical (unpaired) electrons. The lowest BCUT2D eigenvalue weighted by Crippen LogP contribution is -2.46. The summed E-state index contributed by atoms with van der Waals surface area (Å²) in [7, 11) is 1.36. The highest BCUT2D eigenvalue weighted by Gasteiger charge is 2.35. The van der Waals surface area contributed by atoms with E-state index in [1.807, 2.05) is 12.1 Å². The Morgan fingerprint density at radius 1 is 1.25 bits per heavy atom. The molecule has 1 unspecified atom stereocenters. The van der Waals surface area contributed by atoms with Gasteiger partial charge in [-0.2, -0.15) is 0 Å². The molecule has 3 heterocycles. The van der Waals surface area contributed by atoms with E-state index < -0.39 is 17.7 Å². The Bertz CT molecular complexity index is 1190. The van der Waals surface area contributed by atoms with Gasteiger partial charge in [0.15, 0.2) is 0 Å². The molecule has 1 aliphatic rings. The van der Waals surface area contributed by atoms with Crippen LogP contribution in [-0.4, -0.2) is 41.3 Å². The van der Waals surface area contributed by atoms with E-state index in [2.05, 4.69) is 34.7 Å². The molecule has 0 bridgehead atoms. The van der Waals surface area contributed by atoms with Gasteiger partial charge in [0.25, 0.3) is 5.91 Å². The minimum atomic E-state index is -0.786. The van der Waals surface area contributed by atoms with Gasteiger partial charge in [0, 0.05) is 11.2 Å². The van der Waals surface area contributed by atoms with Crippen LogP contribution in [0.2, 0.25) is 0 Å². The number of primary amides is 1. The summed E-state index contributed by atoms with van der Waals surface area (Å²) in [5, 5.41) is 5.74. The molecule has 1 aliphatic heterocycles. The standard InChI is InChI=1S/C23H24N4O4S/c1-13-7-8-18(17-12-32-19-6-4-3-5-15(17)19)27(11-13)23(30)21(29)26-14-9-16(20(24)28)22(31-2)25-10-14/h3-6,9-10,12-13,18H,7-8,11H2,1-2H3,(H2,24,28)(H,26,29)/t13?,18-/m1/s1. The van der Waals surface area contributed by atoms with Gasteiger partial charge in [-0.1, -0.05) is 25.1 Å². The summed E-state index contributed by atoms with van der Waals surface area (Å²) < 4.78 is 6.17. The largest absolute Gasteiger partial charge is 0.480 e. The Balaban J connectivity index is 1.59. The predicted octanol–water partition coefficient (Wildman–Crippen LogP) is 3.34. The highest BCUT2D eigenvalue weighted by molar-refractivity contribution is 7.17. The molecule has 4 rings (SSSR count). The molecule has 0 spiro atoms. The summed E-state index contributed by atoms with van der Waals surface area (Å²) in [6, 6.07) is 9.26. The number of hydrogen-bond acceptors (Lipinski definition) is 6. The Hall–Kier alpha value is -3.46. The van der Waals surface area contributed by atoms with Gasteiger partial charge in [0.05, 0.1) is 25.0 Å². The number of carbonyl (C=O) groups excluding carboxylic acids is 3. The number of carbonyl (C=O) groups is 3. The molecule has 166 valence electrons. The van der Waals surface area contributed by atoms with Crippen LogP contribution in [0.3, 0.4) is 0 Å². The number of anilines is 1. The van der Waals surface area contributed by atoms with E-state index in [4.69, 9.17) is 10.5 Å². The van der Waals surface area contributed by atoms with Crippen LogP contribution in [0, 0.1) is 5.92 Å². The van der Waals surface area contributed by atoms with Gasteiger partial charge in [-0.15, -0.1) is 11.3 Å². The Morgan fingerprint density at radius 2 is 2.03 bits per heavy atom. The van der Waals surface area contributed by atoms with Crippen LogP contribution in [0.15, 0.2) is 41.9 Å². The van der Waals surface area contributed by atoms with Crippen molar-refractivity contribution in [3.63, 3.8) is 0 Å². The van der Waals surface area contributed by atoms with Crippen molar-refractivity contribution in [2.45, 2.75) is 25.8 Å². The first-order valence-electron chi connectivity index (χ1n) is 10.3. The quantitative estimate of drug-likeness (QED) is 0.589. The summed E-state index contributed by atoms with van der Waals surface area (Å²) in [4.78, 5) is 43.3. The van der Waals surface area contributed by atoms with Crippen molar-refractivity contribution in [2.24, 2.45) is 11.7 Å². The number of methoxy groups -OCH3 is 1. The van der Waals surface area contributed by atoms with Gasteiger partial charge in [-0.25, -0.2) is 4.98 Å². The first-order chi connectivity index (χ1) is 15.4. The van der Waals surface area contributed by atoms with E-state index in [0.717, 1.165) is 28.5 Å². The Morgan fingerprint density at radius 3 is 2.78 bits per heavy atom. The van der Waals surface area contributed by atoms with E-state index in [9.17, 15) is 14.4 Å².